The molecule has 6 rings (SSSR count). The summed E-state index contributed by atoms with van der Waals surface area (Å²) in [5.41, 5.74) is 0.635. The highest BCUT2D eigenvalue weighted by molar-refractivity contribution is 6.00. The van der Waals surface area contributed by atoms with Gasteiger partial charge < -0.3 is 10.2 Å². The summed E-state index contributed by atoms with van der Waals surface area (Å²) in [5.74, 6) is 3.18. The first-order valence-corrected chi connectivity index (χ1v) is 12.4. The molecule has 31 heavy (non-hydrogen) atoms. The van der Waals surface area contributed by atoms with Gasteiger partial charge in [-0.05, 0) is 82.2 Å². The highest BCUT2D eigenvalue weighted by atomic mass is 16.2. The van der Waals surface area contributed by atoms with Crippen LogP contribution in [-0.4, -0.2) is 50.2 Å². The molecular formula is C24H34N6O. The van der Waals surface area contributed by atoms with Gasteiger partial charge in [0, 0.05) is 6.54 Å². The molecule has 2 aromatic heterocycles. The Labute approximate surface area is 184 Å². The number of nitrogens with one attached hydrogen (secondary N) is 1. The number of rotatable bonds is 5. The van der Waals surface area contributed by atoms with E-state index in [1.54, 1.807) is 6.33 Å². The standard InChI is InChI=1S/C24H34N6O/c31-23(24-7-6-18-5-4-17(13-24)12-19(18)14-24)28-21-20-15-27-30(22(20)26-16-25-21)11-10-29-8-2-1-3-9-29/h15-19H,1-14H2,(H,25,26,28,31). The van der Waals surface area contributed by atoms with E-state index in [-0.39, 0.29) is 11.3 Å². The first kappa shape index (κ1) is 19.6. The predicted molar refractivity (Wildman–Crippen MR) is 119 cm³/mol. The molecule has 7 nitrogen and oxygen atoms in total. The average molecular weight is 423 g/mol. The summed E-state index contributed by atoms with van der Waals surface area (Å²) >= 11 is 0. The van der Waals surface area contributed by atoms with E-state index in [0.717, 1.165) is 61.1 Å². The topological polar surface area (TPSA) is 75.9 Å². The van der Waals surface area contributed by atoms with E-state index >= 15 is 0 Å². The van der Waals surface area contributed by atoms with Crippen molar-refractivity contribution in [2.24, 2.45) is 23.2 Å². The van der Waals surface area contributed by atoms with Gasteiger partial charge in [0.25, 0.3) is 0 Å². The Balaban J connectivity index is 1.19. The molecule has 0 radical (unpaired) electrons. The number of likely N-dealkylation sites (tertiary alicyclic amines) is 1. The molecule has 0 aromatic carbocycles. The molecule has 3 heterocycles. The normalized spacial score (nSPS) is 33.0. The quantitative estimate of drug-likeness (QED) is 0.792. The molecule has 3 aliphatic carbocycles. The molecule has 4 fully saturated rings. The molecule has 3 saturated carbocycles. The number of anilines is 1. The summed E-state index contributed by atoms with van der Waals surface area (Å²) < 4.78 is 1.97. The minimum absolute atomic E-state index is 0.184. The van der Waals surface area contributed by atoms with Crippen molar-refractivity contribution in [3.8, 4) is 0 Å². The van der Waals surface area contributed by atoms with Gasteiger partial charge in [-0.25, -0.2) is 14.6 Å². The van der Waals surface area contributed by atoms with Crippen molar-refractivity contribution >= 4 is 22.8 Å². The van der Waals surface area contributed by atoms with E-state index in [0.29, 0.717) is 5.82 Å². The second-order valence-corrected chi connectivity index (χ2v) is 10.6. The van der Waals surface area contributed by atoms with Crippen molar-refractivity contribution in [2.75, 3.05) is 25.0 Å². The number of piperidine rings is 1. The highest BCUT2D eigenvalue weighted by Crippen LogP contribution is 2.58. The molecule has 4 aliphatic rings. The van der Waals surface area contributed by atoms with Gasteiger partial charge in [-0.3, -0.25) is 4.79 Å². The molecule has 0 spiro atoms. The van der Waals surface area contributed by atoms with E-state index < -0.39 is 0 Å². The zero-order valence-electron chi connectivity index (χ0n) is 18.4. The Bertz CT molecular complexity index is 962. The number of hydrogen-bond acceptors (Lipinski definition) is 5. The number of carbonyl (C=O) groups excluding carboxylic acids is 1. The van der Waals surface area contributed by atoms with Crippen LogP contribution in [0.25, 0.3) is 11.0 Å². The van der Waals surface area contributed by atoms with Crippen LogP contribution < -0.4 is 5.32 Å². The zero-order valence-corrected chi connectivity index (χ0v) is 18.4. The third-order valence-electron chi connectivity index (χ3n) is 8.80. The van der Waals surface area contributed by atoms with Crippen LogP contribution in [0.4, 0.5) is 5.82 Å². The third kappa shape index (κ3) is 3.55. The number of aromatic nitrogens is 4. The fourth-order valence-corrected chi connectivity index (χ4v) is 7.16. The third-order valence-corrected chi connectivity index (χ3v) is 8.80. The monoisotopic (exact) mass is 422 g/mol. The van der Waals surface area contributed by atoms with Gasteiger partial charge in [0.15, 0.2) is 5.65 Å². The van der Waals surface area contributed by atoms with Crippen molar-refractivity contribution in [3.63, 3.8) is 0 Å². The Morgan fingerprint density at radius 1 is 1.06 bits per heavy atom. The van der Waals surface area contributed by atoms with E-state index in [1.807, 2.05) is 10.9 Å². The first-order chi connectivity index (χ1) is 15.2. The van der Waals surface area contributed by atoms with E-state index in [1.165, 1.54) is 58.0 Å². The molecule has 1 N–H and O–H groups in total. The number of hydrogen-bond donors (Lipinski definition) is 1. The lowest BCUT2D eigenvalue weighted by Crippen LogP contribution is -2.50. The van der Waals surface area contributed by atoms with Crippen molar-refractivity contribution < 1.29 is 4.79 Å². The summed E-state index contributed by atoms with van der Waals surface area (Å²) in [4.78, 5) is 25.0. The molecule has 2 aromatic rings. The largest absolute Gasteiger partial charge is 0.309 e. The highest BCUT2D eigenvalue weighted by Gasteiger charge is 2.52. The lowest BCUT2D eigenvalue weighted by atomic mass is 9.51. The number of carbonyl (C=O) groups is 1. The minimum atomic E-state index is -0.188. The molecule has 7 heteroatoms. The van der Waals surface area contributed by atoms with Crippen LogP contribution in [-0.2, 0) is 11.3 Å². The maximum atomic E-state index is 13.6. The van der Waals surface area contributed by atoms with Crippen molar-refractivity contribution in [3.05, 3.63) is 12.5 Å². The summed E-state index contributed by atoms with van der Waals surface area (Å²) in [5, 5.41) is 8.67. The molecular weight excluding hydrogens is 388 g/mol. The SMILES string of the molecule is O=C(Nc1ncnc2c1cnn2CCN1CCCCC1)C12CCC3CCC(CC3C1)C2. The molecule has 166 valence electrons. The fraction of sp³-hybridized carbons (Fsp3) is 0.750. The second kappa shape index (κ2) is 7.84. The number of amides is 1. The summed E-state index contributed by atoms with van der Waals surface area (Å²) in [6.07, 6.45) is 15.8. The zero-order chi connectivity index (χ0) is 20.8. The second-order valence-electron chi connectivity index (χ2n) is 10.6. The molecule has 1 amide bonds. The van der Waals surface area contributed by atoms with Crippen LogP contribution in [0.1, 0.15) is 64.2 Å². The lowest BCUT2D eigenvalue weighted by Gasteiger charge is -2.53. The maximum Gasteiger partial charge on any atom is 0.231 e. The van der Waals surface area contributed by atoms with Gasteiger partial charge >= 0.3 is 0 Å². The summed E-state index contributed by atoms with van der Waals surface area (Å²) in [6.45, 7) is 4.18. The van der Waals surface area contributed by atoms with Gasteiger partial charge in [0.2, 0.25) is 5.91 Å². The van der Waals surface area contributed by atoms with Crippen LogP contribution in [0.5, 0.6) is 0 Å². The number of nitrogens with zero attached hydrogens (tertiary/aromatic N) is 5. The molecule has 1 saturated heterocycles. The summed E-state index contributed by atoms with van der Waals surface area (Å²) in [7, 11) is 0. The number of fused-ring (bicyclic) bond motifs is 3. The molecule has 3 bridgehead atoms. The fourth-order valence-electron chi connectivity index (χ4n) is 7.16. The predicted octanol–water partition coefficient (Wildman–Crippen LogP) is 3.86. The first-order valence-electron chi connectivity index (χ1n) is 12.4. The summed E-state index contributed by atoms with van der Waals surface area (Å²) in [6, 6.07) is 0. The van der Waals surface area contributed by atoms with Gasteiger partial charge in [-0.1, -0.05) is 12.8 Å². The Morgan fingerprint density at radius 3 is 2.87 bits per heavy atom. The van der Waals surface area contributed by atoms with Crippen molar-refractivity contribution in [1.29, 1.82) is 0 Å². The van der Waals surface area contributed by atoms with E-state index in [9.17, 15) is 4.79 Å². The van der Waals surface area contributed by atoms with Crippen LogP contribution >= 0.6 is 0 Å². The average Bonchev–Trinajstić information content (AvgIpc) is 3.21. The van der Waals surface area contributed by atoms with Gasteiger partial charge in [0.05, 0.1) is 23.5 Å². The van der Waals surface area contributed by atoms with Gasteiger partial charge in [-0.2, -0.15) is 5.10 Å². The van der Waals surface area contributed by atoms with E-state index in [4.69, 9.17) is 0 Å². The Hall–Kier alpha value is -2.02. The van der Waals surface area contributed by atoms with Crippen LogP contribution in [0.2, 0.25) is 0 Å². The van der Waals surface area contributed by atoms with Crippen LogP contribution in [0.15, 0.2) is 12.5 Å². The van der Waals surface area contributed by atoms with Crippen LogP contribution in [0.3, 0.4) is 0 Å². The smallest absolute Gasteiger partial charge is 0.231 e. The molecule has 1 aliphatic heterocycles. The minimum Gasteiger partial charge on any atom is -0.309 e. The Kier molecular flexibility index (Phi) is 4.97. The van der Waals surface area contributed by atoms with E-state index in [2.05, 4.69) is 25.3 Å². The van der Waals surface area contributed by atoms with Crippen molar-refractivity contribution in [1.82, 2.24) is 24.6 Å². The van der Waals surface area contributed by atoms with Crippen molar-refractivity contribution in [2.45, 2.75) is 70.8 Å². The lowest BCUT2D eigenvalue weighted by molar-refractivity contribution is -0.137. The maximum absolute atomic E-state index is 13.6. The Morgan fingerprint density at radius 2 is 1.97 bits per heavy atom. The van der Waals surface area contributed by atoms with Crippen LogP contribution in [0, 0.1) is 23.2 Å². The molecule has 4 atom stereocenters. The van der Waals surface area contributed by atoms with Gasteiger partial charge in [-0.15, -0.1) is 0 Å². The molecule has 4 unspecified atom stereocenters. The van der Waals surface area contributed by atoms with Gasteiger partial charge in [0.1, 0.15) is 12.1 Å².